The molecule has 0 radical (unpaired) electrons. The number of benzene rings is 6. The minimum Gasteiger partial charge on any atom is -0.447 e. The second-order valence-corrected chi connectivity index (χ2v) is 31.2. The molecule has 0 aliphatic carbocycles. The van der Waals surface area contributed by atoms with Crippen LogP contribution in [0.15, 0.2) is 166 Å². The Bertz CT molecular complexity index is 4770. The van der Waals surface area contributed by atoms with Crippen LogP contribution in [0.2, 0.25) is 0 Å². The van der Waals surface area contributed by atoms with Crippen molar-refractivity contribution in [1.29, 1.82) is 0 Å². The zero-order chi connectivity index (χ0) is 88.6. The number of rotatable bonds is 24. The van der Waals surface area contributed by atoms with Gasteiger partial charge in [0, 0.05) is 129 Å². The smallest absolute Gasteiger partial charge is 0.415 e. The molecule has 2 N–H and O–H groups in total. The van der Waals surface area contributed by atoms with Crippen LogP contribution in [0.25, 0.3) is 0 Å². The maximum Gasteiger partial charge on any atom is 0.415 e. The number of hydrogen-bond acceptors (Lipinski definition) is 28. The van der Waals surface area contributed by atoms with Crippen molar-refractivity contribution in [2.45, 2.75) is 117 Å². The van der Waals surface area contributed by atoms with Crippen LogP contribution in [0, 0.1) is 0 Å². The number of azo groups is 2. The summed E-state index contributed by atoms with van der Waals surface area (Å²) in [5.41, 5.74) is 2.22. The summed E-state index contributed by atoms with van der Waals surface area (Å²) >= 11 is 0. The number of piperazine rings is 6. The minimum absolute atomic E-state index is 0.0372. The highest BCUT2D eigenvalue weighted by molar-refractivity contribution is 5.91. The summed E-state index contributed by atoms with van der Waals surface area (Å²) in [6.07, 6.45) is -4.24. The van der Waals surface area contributed by atoms with Gasteiger partial charge in [-0.15, -0.1) is 0 Å². The molecule has 38 heteroatoms. The molecule has 6 aromatic carbocycles. The van der Waals surface area contributed by atoms with Crippen molar-refractivity contribution in [3.8, 4) is 40.2 Å². The molecule has 6 heterocycles. The zero-order valence-electron chi connectivity index (χ0n) is 71.2. The van der Waals surface area contributed by atoms with E-state index in [-0.39, 0.29) is 169 Å². The van der Waals surface area contributed by atoms with Gasteiger partial charge in [-0.25, -0.2) is 43.2 Å². The van der Waals surface area contributed by atoms with Gasteiger partial charge < -0.3 is 112 Å². The van der Waals surface area contributed by atoms with E-state index in [0.29, 0.717) is 79.3 Å². The van der Waals surface area contributed by atoms with Crippen molar-refractivity contribution in [3.05, 3.63) is 151 Å². The van der Waals surface area contributed by atoms with Crippen LogP contribution in [-0.2, 0) is 28.5 Å². The monoisotopic (exact) mass is 1730 g/mol. The second-order valence-electron chi connectivity index (χ2n) is 31.2. The van der Waals surface area contributed by atoms with Crippen molar-refractivity contribution in [3.63, 3.8) is 0 Å². The first-order valence-electron chi connectivity index (χ1n) is 41.8. The number of esters is 1. The van der Waals surface area contributed by atoms with E-state index in [1.807, 2.05) is 27.7 Å². The average molecular weight is 1730 g/mol. The molecule has 38 nitrogen and oxygen atoms in total. The van der Waals surface area contributed by atoms with E-state index in [1.165, 1.54) is 58.3 Å². The Morgan fingerprint density at radius 3 is 0.776 bits per heavy atom. The van der Waals surface area contributed by atoms with E-state index in [9.17, 15) is 52.7 Å². The molecular weight excluding hydrogens is 1620 g/mol. The molecule has 8 unspecified atom stereocenters. The van der Waals surface area contributed by atoms with E-state index in [1.54, 1.807) is 164 Å². The van der Waals surface area contributed by atoms with E-state index >= 15 is 0 Å². The maximum absolute atomic E-state index is 13.5. The molecule has 6 aliphatic heterocycles. The Kier molecular flexibility index (Phi) is 31.9. The van der Waals surface area contributed by atoms with Crippen LogP contribution in [0.4, 0.5) is 61.1 Å². The Morgan fingerprint density at radius 2 is 0.496 bits per heavy atom. The van der Waals surface area contributed by atoms with Crippen molar-refractivity contribution >= 4 is 89.3 Å². The van der Waals surface area contributed by atoms with Crippen LogP contribution < -0.4 is 43.8 Å². The maximum atomic E-state index is 13.5. The average Bonchev–Trinajstić information content (AvgIpc) is 0.818. The first-order chi connectivity index (χ1) is 60.2. The number of nitrogens with zero attached hydrogens (tertiary/aromatic N) is 14. The van der Waals surface area contributed by atoms with E-state index in [0.717, 1.165) is 13.1 Å². The first-order valence-corrected chi connectivity index (χ1v) is 41.8. The molecule has 6 fully saturated rings. The normalized spacial score (nSPS) is 20.5. The number of nitrogens with one attached hydrogen (secondary N) is 2. The Balaban J connectivity index is 0.475. The topological polar surface area (TPSA) is 395 Å². The minimum atomic E-state index is -0.649. The molecule has 0 bridgehead atoms. The Morgan fingerprint density at radius 1 is 0.272 bits per heavy atom. The van der Waals surface area contributed by atoms with Crippen molar-refractivity contribution in [2.75, 3.05) is 144 Å². The number of amides is 10. The molecule has 6 aliphatic rings. The molecule has 125 heavy (non-hydrogen) atoms. The molecule has 12 rings (SSSR count). The molecule has 0 saturated carbocycles. The van der Waals surface area contributed by atoms with Crippen molar-refractivity contribution in [1.82, 2.24) is 59.6 Å². The van der Waals surface area contributed by atoms with Gasteiger partial charge in [0.05, 0.1) is 91.7 Å². The van der Waals surface area contributed by atoms with Gasteiger partial charge in [-0.2, -0.15) is 20.5 Å². The molecule has 666 valence electrons. The number of ether oxygens (including phenoxy) is 11. The van der Waals surface area contributed by atoms with Crippen LogP contribution in [0.1, 0.15) is 78.6 Å². The largest absolute Gasteiger partial charge is 0.447 e. The fourth-order valence-corrected chi connectivity index (χ4v) is 14.7. The zero-order valence-corrected chi connectivity index (χ0v) is 71.2. The molecule has 0 aromatic heterocycles. The van der Waals surface area contributed by atoms with Gasteiger partial charge in [-0.05, 0) is 201 Å². The number of carbonyl (C=O) groups is 11. The number of carbonyl (C=O) groups excluding carboxylic acids is 11. The highest BCUT2D eigenvalue weighted by Crippen LogP contribution is 2.31. The van der Waals surface area contributed by atoms with Gasteiger partial charge in [-0.3, -0.25) is 9.59 Å². The van der Waals surface area contributed by atoms with Crippen LogP contribution in [0.3, 0.4) is 0 Å². The predicted molar refractivity (Wildman–Crippen MR) is 450 cm³/mol. The fraction of sp³-hybridized carbons (Fsp3) is 0.460. The lowest BCUT2D eigenvalue weighted by molar-refractivity contribution is -0.138. The van der Waals surface area contributed by atoms with Gasteiger partial charge in [0.25, 0.3) is 0 Å². The quantitative estimate of drug-likeness (QED) is 0.0246. The molecule has 6 aromatic rings. The summed E-state index contributed by atoms with van der Waals surface area (Å²) in [4.78, 5) is 161. The summed E-state index contributed by atoms with van der Waals surface area (Å²) in [7, 11) is 0. The number of hydrogen-bond donors (Lipinski definition) is 2. The summed E-state index contributed by atoms with van der Waals surface area (Å²) in [6, 6.07) is 35.1. The third-order valence-electron chi connectivity index (χ3n) is 21.8. The van der Waals surface area contributed by atoms with Crippen LogP contribution in [0.5, 0.6) is 40.2 Å². The van der Waals surface area contributed by atoms with Crippen LogP contribution in [-0.4, -0.2) is 308 Å². The SMILES string of the molecule is CC1CN(C(=O)Oc2ccc(N=Nc3ccc(OC(=O)N4CCNCC4)cc3)cc2)C(C)CN1C(=O)CCOCCOC(=O)N1CC(C)N(C(=O)Oc2ccc(N=Nc3ccc(OC(=O)N4CC(C)N(C(=O)CCOCCOC(=O)N5CC(C)N(C(=O)Oc6ccc(C(=O)Oc7ccc(OC(=O)N8CCNCC8)cc7)cc6)CC5C)CC4C)cc3)cc2)CC1C. The van der Waals surface area contributed by atoms with Gasteiger partial charge in [0.15, 0.2) is 0 Å². The highest BCUT2D eigenvalue weighted by Gasteiger charge is 2.41. The van der Waals surface area contributed by atoms with E-state index in [4.69, 9.17) is 52.1 Å². The fourth-order valence-electron chi connectivity index (χ4n) is 14.7. The predicted octanol–water partition coefficient (Wildman–Crippen LogP) is 11.7. The Labute approximate surface area is 723 Å². The standard InChI is InChI=1S/C87H106N16O22/c1-57-51-100(84(111)123-73-23-13-67(14-24-73)91-90-66-11-21-72(22-12-66)120-80(107)94-39-35-88-36-40-94)59(3)49-96(57)78(105)34-44-116-46-48-118-83(110)99-54-64(8)103(56-62(99)6)87(114)125-75-27-17-69(18-28-75)93-92-68-15-25-74(26-16-68)124-85(112)101-52-58(2)97(50-60(101)4)77(104)33-43-115-45-47-117-82(109)98-53-63(7)102(55-61(98)5)86(113)122-71-19-9-65(10-20-71)79(106)119-70-29-31-76(32-30-70)121-81(108)95-41-37-89-38-42-95/h9-32,57-64,88-89H,33-56H2,1-8H3. The first kappa shape index (κ1) is 91.1. The lowest BCUT2D eigenvalue weighted by atomic mass is 10.1. The second kappa shape index (κ2) is 43.8. The van der Waals surface area contributed by atoms with Gasteiger partial charge in [-0.1, -0.05) is 0 Å². The molecule has 6 saturated heterocycles. The van der Waals surface area contributed by atoms with Crippen molar-refractivity contribution < 1.29 is 105 Å². The van der Waals surface area contributed by atoms with E-state index < -0.39 is 78.9 Å². The molecule has 10 amide bonds. The molecular formula is C87H106N16O22. The third kappa shape index (κ3) is 25.6. The van der Waals surface area contributed by atoms with Crippen LogP contribution >= 0.6 is 0 Å². The summed E-state index contributed by atoms with van der Waals surface area (Å²) in [5.74, 6) is 1.04. The third-order valence-corrected chi connectivity index (χ3v) is 21.8. The van der Waals surface area contributed by atoms with Gasteiger partial charge in [0.1, 0.15) is 53.5 Å². The van der Waals surface area contributed by atoms with Crippen molar-refractivity contribution in [2.24, 2.45) is 20.5 Å². The lowest BCUT2D eigenvalue weighted by Gasteiger charge is -2.43. The summed E-state index contributed by atoms with van der Waals surface area (Å²) in [5, 5.41) is 23.5. The molecule has 8 atom stereocenters. The van der Waals surface area contributed by atoms with E-state index in [2.05, 4.69) is 31.1 Å². The lowest BCUT2D eigenvalue weighted by Crippen LogP contribution is -2.60. The Hall–Kier alpha value is -13.1. The van der Waals surface area contributed by atoms with Gasteiger partial charge in [0.2, 0.25) is 11.8 Å². The summed E-state index contributed by atoms with van der Waals surface area (Å²) in [6.45, 7) is 21.5. The molecule has 0 spiro atoms. The highest BCUT2D eigenvalue weighted by atomic mass is 16.6. The van der Waals surface area contributed by atoms with Gasteiger partial charge >= 0.3 is 54.7 Å². The summed E-state index contributed by atoms with van der Waals surface area (Å²) < 4.78 is 61.7.